The molecule has 1 aromatic carbocycles. The van der Waals surface area contributed by atoms with E-state index in [1.54, 1.807) is 17.3 Å². The van der Waals surface area contributed by atoms with E-state index in [2.05, 4.69) is 25.3 Å². The maximum atomic E-state index is 12.4. The van der Waals surface area contributed by atoms with E-state index in [0.717, 1.165) is 17.1 Å². The van der Waals surface area contributed by atoms with E-state index in [-0.39, 0.29) is 11.0 Å². The van der Waals surface area contributed by atoms with Crippen molar-refractivity contribution in [2.75, 3.05) is 29.3 Å². The lowest BCUT2D eigenvalue weighted by Crippen LogP contribution is -2.40. The largest absolute Gasteiger partial charge is 0.573 e. The summed E-state index contributed by atoms with van der Waals surface area (Å²) < 4.78 is 70.2. The van der Waals surface area contributed by atoms with Crippen LogP contribution in [0, 0.1) is 0 Å². The second-order valence-corrected chi connectivity index (χ2v) is 11.8. The molecule has 0 radical (unpaired) electrons. The summed E-state index contributed by atoms with van der Waals surface area (Å²) in [6.07, 6.45) is 1.30. The molecule has 14 heteroatoms. The van der Waals surface area contributed by atoms with Gasteiger partial charge in [-0.2, -0.15) is 0 Å². The summed E-state index contributed by atoms with van der Waals surface area (Å²) in [4.78, 5) is 6.59. The lowest BCUT2D eigenvalue weighted by atomic mass is 10.1. The number of rotatable bonds is 7. The number of anilines is 2. The van der Waals surface area contributed by atoms with E-state index in [4.69, 9.17) is 4.52 Å². The van der Waals surface area contributed by atoms with Gasteiger partial charge in [0.15, 0.2) is 11.6 Å². The van der Waals surface area contributed by atoms with Crippen molar-refractivity contribution < 1.29 is 30.8 Å². The summed E-state index contributed by atoms with van der Waals surface area (Å²) in [5, 5.41) is 7.38. The zero-order valence-electron chi connectivity index (χ0n) is 21.2. The van der Waals surface area contributed by atoms with Crippen LogP contribution < -0.4 is 20.2 Å². The maximum absolute atomic E-state index is 12.4. The Morgan fingerprint density at radius 2 is 1.82 bits per heavy atom. The molecule has 1 fully saturated rings. The molecule has 10 nitrogen and oxygen atoms in total. The number of hydrazine groups is 2. The van der Waals surface area contributed by atoms with Crippen LogP contribution in [0.3, 0.4) is 0 Å². The van der Waals surface area contributed by atoms with Crippen LogP contribution in [0.2, 0.25) is 0 Å². The number of nitrogens with zero attached hydrogens (tertiary/aromatic N) is 5. The quantitative estimate of drug-likeness (QED) is 0.448. The molecular formula is C25H27F3N6O4S. The van der Waals surface area contributed by atoms with Gasteiger partial charge in [-0.25, -0.2) is 18.4 Å². The summed E-state index contributed by atoms with van der Waals surface area (Å²) in [7, 11) is -3.04. The molecule has 0 saturated carbocycles. The maximum Gasteiger partial charge on any atom is 0.573 e. The topological polar surface area (TPSA) is 104 Å². The van der Waals surface area contributed by atoms with Crippen molar-refractivity contribution in [1.82, 2.24) is 20.7 Å². The number of piperidine rings is 1. The molecule has 0 atom stereocenters. The van der Waals surface area contributed by atoms with Crippen molar-refractivity contribution in [1.29, 1.82) is 0 Å². The smallest absolute Gasteiger partial charge is 0.406 e. The molecule has 2 aliphatic rings. The first-order valence-corrected chi connectivity index (χ1v) is 14.1. The summed E-state index contributed by atoms with van der Waals surface area (Å²) in [5.41, 5.74) is 5.70. The second-order valence-electron chi connectivity index (χ2n) is 9.49. The van der Waals surface area contributed by atoms with E-state index in [1.165, 1.54) is 30.5 Å². The highest BCUT2D eigenvalue weighted by Gasteiger charge is 2.31. The molecule has 3 aromatic rings. The fraction of sp³-hybridized carbons (Fsp3) is 0.360. The molecule has 208 valence electrons. The SMILES string of the molecule is CC1=CN(c2cc(-c3ccc(OC(F)(F)F)cc3)on2)NN1Cc1ccnc(N2CCC(S(C)(=O)=O)CC2)c1. The van der Waals surface area contributed by atoms with Crippen LogP contribution in [-0.4, -0.2) is 54.5 Å². The molecule has 1 saturated heterocycles. The summed E-state index contributed by atoms with van der Waals surface area (Å²) in [6, 6.07) is 10.9. The first kappa shape index (κ1) is 26.8. The summed E-state index contributed by atoms with van der Waals surface area (Å²) >= 11 is 0. The van der Waals surface area contributed by atoms with Crippen molar-refractivity contribution in [3.8, 4) is 17.1 Å². The highest BCUT2D eigenvalue weighted by atomic mass is 32.2. The Kier molecular flexibility index (Phi) is 7.16. The molecule has 2 aliphatic heterocycles. The van der Waals surface area contributed by atoms with Gasteiger partial charge in [0, 0.05) is 49.1 Å². The van der Waals surface area contributed by atoms with E-state index in [9.17, 15) is 21.6 Å². The predicted molar refractivity (Wildman–Crippen MR) is 138 cm³/mol. The highest BCUT2D eigenvalue weighted by Crippen LogP contribution is 2.30. The molecule has 0 bridgehead atoms. The average Bonchev–Trinajstić information content (AvgIpc) is 3.51. The zero-order valence-corrected chi connectivity index (χ0v) is 22.0. The first-order chi connectivity index (χ1) is 18.4. The number of halogens is 3. The van der Waals surface area contributed by atoms with Gasteiger partial charge in [-0.3, -0.25) is 5.01 Å². The summed E-state index contributed by atoms with van der Waals surface area (Å²) in [5.74, 6) is 1.34. The lowest BCUT2D eigenvalue weighted by Gasteiger charge is -2.32. The molecule has 0 unspecified atom stereocenters. The van der Waals surface area contributed by atoms with Crippen molar-refractivity contribution in [2.24, 2.45) is 0 Å². The van der Waals surface area contributed by atoms with Gasteiger partial charge in [0.1, 0.15) is 21.4 Å². The number of allylic oxidation sites excluding steroid dienone is 1. The molecule has 5 rings (SSSR count). The third-order valence-corrected chi connectivity index (χ3v) is 8.29. The highest BCUT2D eigenvalue weighted by molar-refractivity contribution is 7.91. The van der Waals surface area contributed by atoms with Crippen molar-refractivity contribution in [3.63, 3.8) is 0 Å². The molecule has 2 aromatic heterocycles. The zero-order chi connectivity index (χ0) is 27.8. The monoisotopic (exact) mass is 564 g/mol. The van der Waals surface area contributed by atoms with Crippen LogP contribution in [0.25, 0.3) is 11.3 Å². The number of nitrogens with one attached hydrogen (secondary N) is 1. The third-order valence-electron chi connectivity index (χ3n) is 6.61. The fourth-order valence-electron chi connectivity index (χ4n) is 4.54. The van der Waals surface area contributed by atoms with Gasteiger partial charge < -0.3 is 14.2 Å². The van der Waals surface area contributed by atoms with Gasteiger partial charge in [-0.15, -0.1) is 18.7 Å². The van der Waals surface area contributed by atoms with E-state index < -0.39 is 16.2 Å². The van der Waals surface area contributed by atoms with Gasteiger partial charge in [-0.05, 0) is 61.7 Å². The second kappa shape index (κ2) is 10.4. The molecule has 0 aliphatic carbocycles. The summed E-state index contributed by atoms with van der Waals surface area (Å²) in [6.45, 7) is 3.73. The van der Waals surface area contributed by atoms with Crippen LogP contribution in [0.1, 0.15) is 25.3 Å². The minimum Gasteiger partial charge on any atom is -0.406 e. The minimum atomic E-state index is -4.76. The number of hydrogen-bond donors (Lipinski definition) is 1. The molecular weight excluding hydrogens is 537 g/mol. The Morgan fingerprint density at radius 1 is 1.10 bits per heavy atom. The Morgan fingerprint density at radius 3 is 2.49 bits per heavy atom. The number of pyridine rings is 1. The Bertz CT molecular complexity index is 1450. The predicted octanol–water partition coefficient (Wildman–Crippen LogP) is 4.25. The molecule has 0 amide bonds. The van der Waals surface area contributed by atoms with Crippen LogP contribution in [-0.2, 0) is 16.4 Å². The van der Waals surface area contributed by atoms with E-state index in [0.29, 0.717) is 49.6 Å². The Hall–Kier alpha value is -3.78. The fourth-order valence-corrected chi connectivity index (χ4v) is 5.60. The van der Waals surface area contributed by atoms with Crippen molar-refractivity contribution >= 4 is 21.5 Å². The van der Waals surface area contributed by atoms with Crippen LogP contribution >= 0.6 is 0 Å². The first-order valence-electron chi connectivity index (χ1n) is 12.2. The average molecular weight is 565 g/mol. The number of hydrogen-bond acceptors (Lipinski definition) is 10. The number of alkyl halides is 3. The normalized spacial score (nSPS) is 17.1. The minimum absolute atomic E-state index is 0.302. The van der Waals surface area contributed by atoms with Gasteiger partial charge in [0.05, 0.1) is 11.8 Å². The molecule has 4 heterocycles. The molecule has 0 spiro atoms. The number of benzene rings is 1. The van der Waals surface area contributed by atoms with Crippen molar-refractivity contribution in [2.45, 2.75) is 37.9 Å². The third kappa shape index (κ3) is 6.45. The number of aromatic nitrogens is 2. The Labute approximate surface area is 223 Å². The van der Waals surface area contributed by atoms with E-state index in [1.807, 2.05) is 30.3 Å². The molecule has 1 N–H and O–H groups in total. The van der Waals surface area contributed by atoms with Crippen molar-refractivity contribution in [3.05, 3.63) is 66.1 Å². The Balaban J connectivity index is 1.21. The van der Waals surface area contributed by atoms with Gasteiger partial charge in [-0.1, -0.05) is 5.16 Å². The van der Waals surface area contributed by atoms with Crippen LogP contribution in [0.5, 0.6) is 5.75 Å². The van der Waals surface area contributed by atoms with Gasteiger partial charge >= 0.3 is 6.36 Å². The molecule has 39 heavy (non-hydrogen) atoms. The van der Waals surface area contributed by atoms with E-state index >= 15 is 0 Å². The standard InChI is InChI=1S/C25H27F3N6O4S/c1-17-15-34(24-14-22(38-30-24)19-3-5-20(6-4-19)37-25(26,27)28)31-33(17)16-18-7-10-29-23(13-18)32-11-8-21(9-12-32)39(2,35)36/h3-7,10,13-15,21,31H,8-9,11-12,16H2,1-2H3. The van der Waals surface area contributed by atoms with Gasteiger partial charge in [0.25, 0.3) is 0 Å². The van der Waals surface area contributed by atoms with Crippen LogP contribution in [0.15, 0.2) is 65.1 Å². The lowest BCUT2D eigenvalue weighted by molar-refractivity contribution is -0.274. The number of ether oxygens (including phenoxy) is 1. The van der Waals surface area contributed by atoms with Crippen LogP contribution in [0.4, 0.5) is 24.8 Å². The van der Waals surface area contributed by atoms with Gasteiger partial charge in [0.2, 0.25) is 0 Å². The number of sulfone groups is 1.